The number of hydrogen-bond acceptors (Lipinski definition) is 5. The van der Waals surface area contributed by atoms with Gasteiger partial charge in [-0.15, -0.1) is 10.2 Å². The molecule has 0 aliphatic carbocycles. The molecule has 1 aromatic rings. The molecule has 0 radical (unpaired) electrons. The summed E-state index contributed by atoms with van der Waals surface area (Å²) in [6, 6.07) is 0. The molecule has 0 spiro atoms. The van der Waals surface area contributed by atoms with E-state index in [9.17, 15) is 4.79 Å². The highest BCUT2D eigenvalue weighted by molar-refractivity contribution is 7.98. The number of aromatic amines is 1. The Kier molecular flexibility index (Phi) is 4.37. The van der Waals surface area contributed by atoms with Crippen LogP contribution >= 0.6 is 11.8 Å². The minimum Gasteiger partial charge on any atom is -0.349 e. The van der Waals surface area contributed by atoms with Gasteiger partial charge >= 0.3 is 0 Å². The number of amides is 1. The van der Waals surface area contributed by atoms with E-state index in [1.54, 1.807) is 11.8 Å². The van der Waals surface area contributed by atoms with Gasteiger partial charge in [-0.3, -0.25) is 4.79 Å². The van der Waals surface area contributed by atoms with Crippen molar-refractivity contribution >= 4 is 17.7 Å². The van der Waals surface area contributed by atoms with Gasteiger partial charge in [0, 0.05) is 6.54 Å². The molecular weight excluding hydrogens is 202 g/mol. The average Bonchev–Trinajstić information content (AvgIpc) is 2.67. The maximum absolute atomic E-state index is 11.3. The fraction of sp³-hybridized carbons (Fsp3) is 0.714. The fourth-order valence-electron chi connectivity index (χ4n) is 0.947. The maximum atomic E-state index is 11.3. The molecule has 14 heavy (non-hydrogen) atoms. The Bertz CT molecular complexity index is 276. The molecule has 1 unspecified atom stereocenters. The van der Waals surface area contributed by atoms with Crippen LogP contribution in [0, 0.1) is 5.92 Å². The summed E-state index contributed by atoms with van der Waals surface area (Å²) in [6.07, 6.45) is 2.04. The molecule has 7 heteroatoms. The molecular formula is C7H13N5OS. The molecule has 78 valence electrons. The molecule has 6 nitrogen and oxygen atoms in total. The number of tetrazole rings is 1. The van der Waals surface area contributed by atoms with Gasteiger partial charge in [-0.05, 0) is 23.1 Å². The molecule has 0 saturated heterocycles. The number of thioether (sulfide) groups is 1. The van der Waals surface area contributed by atoms with Crippen LogP contribution in [0.1, 0.15) is 17.5 Å². The second-order valence-corrected chi connectivity index (χ2v) is 3.92. The molecule has 1 rings (SSSR count). The van der Waals surface area contributed by atoms with Crippen molar-refractivity contribution < 1.29 is 4.79 Å². The number of H-pyrrole nitrogens is 1. The first-order valence-electron chi connectivity index (χ1n) is 4.24. The van der Waals surface area contributed by atoms with Crippen LogP contribution in [-0.2, 0) is 0 Å². The smallest absolute Gasteiger partial charge is 0.292 e. The summed E-state index contributed by atoms with van der Waals surface area (Å²) in [6.45, 7) is 2.71. The average molecular weight is 215 g/mol. The monoisotopic (exact) mass is 215 g/mol. The van der Waals surface area contributed by atoms with Crippen molar-refractivity contribution in [2.24, 2.45) is 5.92 Å². The summed E-state index contributed by atoms with van der Waals surface area (Å²) >= 11 is 1.76. The number of nitrogens with zero attached hydrogens (tertiary/aromatic N) is 3. The van der Waals surface area contributed by atoms with Crippen molar-refractivity contribution in [2.45, 2.75) is 6.92 Å². The highest BCUT2D eigenvalue weighted by atomic mass is 32.2. The van der Waals surface area contributed by atoms with E-state index in [1.807, 2.05) is 6.26 Å². The molecule has 0 aliphatic heterocycles. The summed E-state index contributed by atoms with van der Waals surface area (Å²) < 4.78 is 0. The Hall–Kier alpha value is -1.11. The third kappa shape index (κ3) is 3.33. The van der Waals surface area contributed by atoms with E-state index in [0.717, 1.165) is 5.75 Å². The van der Waals surface area contributed by atoms with Crippen LogP contribution < -0.4 is 5.32 Å². The standard InChI is InChI=1S/C7H13N5OS/c1-5(4-14-2)3-8-7(13)6-9-11-12-10-6/h5H,3-4H2,1-2H3,(H,8,13)(H,9,10,11,12). The topological polar surface area (TPSA) is 83.6 Å². The van der Waals surface area contributed by atoms with Crippen molar-refractivity contribution in [3.05, 3.63) is 5.82 Å². The Morgan fingerprint density at radius 3 is 3.07 bits per heavy atom. The molecule has 0 bridgehead atoms. The van der Waals surface area contributed by atoms with Crippen LogP contribution in [0.2, 0.25) is 0 Å². The van der Waals surface area contributed by atoms with E-state index in [0.29, 0.717) is 12.5 Å². The quantitative estimate of drug-likeness (QED) is 0.718. The second-order valence-electron chi connectivity index (χ2n) is 3.01. The normalized spacial score (nSPS) is 12.4. The summed E-state index contributed by atoms with van der Waals surface area (Å²) in [5.74, 6) is 1.26. The maximum Gasteiger partial charge on any atom is 0.292 e. The molecule has 0 aliphatic rings. The lowest BCUT2D eigenvalue weighted by atomic mass is 10.2. The molecule has 2 N–H and O–H groups in total. The largest absolute Gasteiger partial charge is 0.349 e. The molecule has 0 saturated carbocycles. The predicted octanol–water partition coefficient (Wildman–Crippen LogP) is -0.0714. The highest BCUT2D eigenvalue weighted by Gasteiger charge is 2.11. The predicted molar refractivity (Wildman–Crippen MR) is 54.1 cm³/mol. The second kappa shape index (κ2) is 5.58. The zero-order valence-electron chi connectivity index (χ0n) is 8.15. The number of aromatic nitrogens is 4. The third-order valence-electron chi connectivity index (χ3n) is 1.61. The summed E-state index contributed by atoms with van der Waals surface area (Å²) in [4.78, 5) is 11.3. The Labute approximate surface area is 86.2 Å². The molecule has 1 heterocycles. The molecule has 1 atom stereocenters. The van der Waals surface area contributed by atoms with Gasteiger partial charge in [0.2, 0.25) is 0 Å². The van der Waals surface area contributed by atoms with Crippen molar-refractivity contribution in [1.82, 2.24) is 25.9 Å². The van der Waals surface area contributed by atoms with Gasteiger partial charge in [0.1, 0.15) is 0 Å². The molecule has 1 amide bonds. The Morgan fingerprint density at radius 2 is 2.50 bits per heavy atom. The first-order valence-corrected chi connectivity index (χ1v) is 5.64. The van der Waals surface area contributed by atoms with E-state index in [4.69, 9.17) is 0 Å². The van der Waals surface area contributed by atoms with Gasteiger partial charge in [-0.2, -0.15) is 17.0 Å². The van der Waals surface area contributed by atoms with E-state index in [2.05, 4.69) is 32.9 Å². The zero-order chi connectivity index (χ0) is 10.4. The lowest BCUT2D eigenvalue weighted by molar-refractivity contribution is 0.0939. The van der Waals surface area contributed by atoms with E-state index >= 15 is 0 Å². The van der Waals surface area contributed by atoms with Crippen LogP contribution in [0.15, 0.2) is 0 Å². The van der Waals surface area contributed by atoms with Crippen LogP contribution in [0.4, 0.5) is 0 Å². The first-order chi connectivity index (χ1) is 6.74. The number of nitrogens with one attached hydrogen (secondary N) is 2. The summed E-state index contributed by atoms with van der Waals surface area (Å²) in [5, 5.41) is 15.4. The van der Waals surface area contributed by atoms with Crippen molar-refractivity contribution in [3.8, 4) is 0 Å². The first kappa shape index (κ1) is 11.0. The van der Waals surface area contributed by atoms with Crippen molar-refractivity contribution in [3.63, 3.8) is 0 Å². The van der Waals surface area contributed by atoms with Gasteiger partial charge in [-0.1, -0.05) is 6.92 Å². The SMILES string of the molecule is CSCC(C)CNC(=O)c1nn[nH]n1. The van der Waals surface area contributed by atoms with E-state index < -0.39 is 0 Å². The number of rotatable bonds is 5. The summed E-state index contributed by atoms with van der Waals surface area (Å²) in [5.41, 5.74) is 0. The summed E-state index contributed by atoms with van der Waals surface area (Å²) in [7, 11) is 0. The van der Waals surface area contributed by atoms with Crippen LogP contribution in [0.3, 0.4) is 0 Å². The Morgan fingerprint density at radius 1 is 1.71 bits per heavy atom. The Balaban J connectivity index is 2.28. The van der Waals surface area contributed by atoms with Gasteiger partial charge < -0.3 is 5.32 Å². The van der Waals surface area contributed by atoms with Gasteiger partial charge in [0.15, 0.2) is 0 Å². The van der Waals surface area contributed by atoms with Crippen LogP contribution in [0.25, 0.3) is 0 Å². The minimum atomic E-state index is -0.285. The molecule has 0 fully saturated rings. The van der Waals surface area contributed by atoms with E-state index in [1.165, 1.54) is 0 Å². The lowest BCUT2D eigenvalue weighted by Crippen LogP contribution is -2.29. The van der Waals surface area contributed by atoms with Gasteiger partial charge in [-0.25, -0.2) is 0 Å². The van der Waals surface area contributed by atoms with Crippen molar-refractivity contribution in [1.29, 1.82) is 0 Å². The number of hydrogen-bond donors (Lipinski definition) is 2. The van der Waals surface area contributed by atoms with Crippen LogP contribution in [0.5, 0.6) is 0 Å². The number of carbonyl (C=O) groups excluding carboxylic acids is 1. The number of carbonyl (C=O) groups is 1. The van der Waals surface area contributed by atoms with Crippen molar-refractivity contribution in [2.75, 3.05) is 18.6 Å². The van der Waals surface area contributed by atoms with E-state index in [-0.39, 0.29) is 11.7 Å². The zero-order valence-corrected chi connectivity index (χ0v) is 8.97. The highest BCUT2D eigenvalue weighted by Crippen LogP contribution is 2.02. The fourth-order valence-corrected chi connectivity index (χ4v) is 1.63. The minimum absolute atomic E-state index is 0.0846. The molecule has 0 aromatic carbocycles. The van der Waals surface area contributed by atoms with Gasteiger partial charge in [0.25, 0.3) is 11.7 Å². The van der Waals surface area contributed by atoms with Gasteiger partial charge in [0.05, 0.1) is 0 Å². The third-order valence-corrected chi connectivity index (χ3v) is 2.51. The lowest BCUT2D eigenvalue weighted by Gasteiger charge is -2.09. The van der Waals surface area contributed by atoms with Crippen LogP contribution in [-0.4, -0.2) is 45.1 Å². The molecule has 1 aromatic heterocycles.